The fourth-order valence-corrected chi connectivity index (χ4v) is 2.10. The Morgan fingerprint density at radius 3 is 2.24 bits per heavy atom. The molecule has 1 rings (SSSR count). The van der Waals surface area contributed by atoms with Gasteiger partial charge in [0.15, 0.2) is 9.84 Å². The van der Waals surface area contributed by atoms with Crippen LogP contribution in [0.25, 0.3) is 0 Å². The molecular weight excluding hydrogens is 236 g/mol. The zero-order chi connectivity index (χ0) is 13.1. The Bertz CT molecular complexity index is 452. The van der Waals surface area contributed by atoms with Crippen molar-refractivity contribution >= 4 is 15.5 Å². The van der Waals surface area contributed by atoms with Crippen LogP contribution in [0.3, 0.4) is 0 Å². The highest BCUT2D eigenvalue weighted by Gasteiger charge is 2.07. The summed E-state index contributed by atoms with van der Waals surface area (Å²) in [4.78, 5) is 2.41. The van der Waals surface area contributed by atoms with E-state index in [-0.39, 0.29) is 6.04 Å². The first-order valence-electron chi connectivity index (χ1n) is 5.57. The third-order valence-corrected chi connectivity index (χ3v) is 3.75. The van der Waals surface area contributed by atoms with Gasteiger partial charge in [-0.05, 0) is 37.6 Å². The zero-order valence-electron chi connectivity index (χ0n) is 10.6. The lowest BCUT2D eigenvalue weighted by atomic mass is 10.2. The molecule has 1 aromatic carbocycles. The average Bonchev–Trinajstić information content (AvgIpc) is 2.25. The molecule has 4 nitrogen and oxygen atoms in total. The predicted octanol–water partition coefficient (Wildman–Crippen LogP) is 1.26. The van der Waals surface area contributed by atoms with E-state index in [4.69, 9.17) is 5.73 Å². The number of benzene rings is 1. The highest BCUT2D eigenvalue weighted by Crippen LogP contribution is 2.17. The summed E-state index contributed by atoms with van der Waals surface area (Å²) in [6.07, 6.45) is 2.12. The van der Waals surface area contributed by atoms with E-state index in [2.05, 4.69) is 4.90 Å². The molecule has 1 aromatic rings. The van der Waals surface area contributed by atoms with Gasteiger partial charge in [-0.3, -0.25) is 0 Å². The molecule has 0 aromatic heterocycles. The van der Waals surface area contributed by atoms with Gasteiger partial charge in [-0.15, -0.1) is 0 Å². The van der Waals surface area contributed by atoms with Gasteiger partial charge in [-0.25, -0.2) is 8.42 Å². The lowest BCUT2D eigenvalue weighted by molar-refractivity contribution is 0.602. The van der Waals surface area contributed by atoms with Crippen molar-refractivity contribution < 1.29 is 8.42 Å². The maximum Gasteiger partial charge on any atom is 0.175 e. The summed E-state index contributed by atoms with van der Waals surface area (Å²) in [6.45, 7) is 2.83. The minimum atomic E-state index is -3.11. The molecule has 0 heterocycles. The Morgan fingerprint density at radius 1 is 1.29 bits per heavy atom. The smallest absolute Gasteiger partial charge is 0.175 e. The average molecular weight is 256 g/mol. The first-order valence-corrected chi connectivity index (χ1v) is 7.46. The molecular formula is C12H20N2O2S. The molecule has 0 amide bonds. The Hall–Kier alpha value is -1.07. The van der Waals surface area contributed by atoms with Crippen LogP contribution in [0.15, 0.2) is 29.2 Å². The van der Waals surface area contributed by atoms with E-state index in [0.29, 0.717) is 4.90 Å². The van der Waals surface area contributed by atoms with Gasteiger partial charge in [0.2, 0.25) is 0 Å². The van der Waals surface area contributed by atoms with Gasteiger partial charge in [0.05, 0.1) is 4.90 Å². The summed E-state index contributed by atoms with van der Waals surface area (Å²) in [5, 5.41) is 0. The second kappa shape index (κ2) is 5.51. The molecule has 0 fully saturated rings. The normalized spacial score (nSPS) is 13.4. The van der Waals surface area contributed by atoms with Crippen molar-refractivity contribution in [3.8, 4) is 0 Å². The SMILES string of the molecule is CC(N)CCN(C)c1ccc(S(C)(=O)=O)cc1. The van der Waals surface area contributed by atoms with Gasteiger partial charge in [-0.1, -0.05) is 0 Å². The molecule has 0 saturated carbocycles. The van der Waals surface area contributed by atoms with Crippen LogP contribution in [-0.4, -0.2) is 34.3 Å². The third-order valence-electron chi connectivity index (χ3n) is 2.63. The summed E-state index contributed by atoms with van der Waals surface area (Å²) in [6, 6.07) is 7.07. The van der Waals surface area contributed by atoms with E-state index in [1.54, 1.807) is 12.1 Å². The van der Waals surface area contributed by atoms with E-state index < -0.39 is 9.84 Å². The van der Waals surface area contributed by atoms with Crippen molar-refractivity contribution in [1.29, 1.82) is 0 Å². The summed E-state index contributed by atoms with van der Waals surface area (Å²) in [5.74, 6) is 0. The van der Waals surface area contributed by atoms with Crippen molar-refractivity contribution in [2.45, 2.75) is 24.3 Å². The second-order valence-electron chi connectivity index (χ2n) is 4.45. The van der Waals surface area contributed by atoms with Crippen molar-refractivity contribution in [2.24, 2.45) is 5.73 Å². The minimum absolute atomic E-state index is 0.174. The van der Waals surface area contributed by atoms with E-state index in [1.165, 1.54) is 6.26 Å². The minimum Gasteiger partial charge on any atom is -0.375 e. The number of hydrogen-bond donors (Lipinski definition) is 1. The number of hydrogen-bond acceptors (Lipinski definition) is 4. The first-order chi connectivity index (χ1) is 7.80. The van der Waals surface area contributed by atoms with Gasteiger partial charge in [0.25, 0.3) is 0 Å². The van der Waals surface area contributed by atoms with E-state index in [0.717, 1.165) is 18.7 Å². The Kier molecular flexibility index (Phi) is 4.54. The molecule has 0 bridgehead atoms. The summed E-state index contributed by atoms with van der Waals surface area (Å²) in [5.41, 5.74) is 6.69. The molecule has 0 aliphatic rings. The molecule has 96 valence electrons. The molecule has 1 unspecified atom stereocenters. The molecule has 1 atom stereocenters. The topological polar surface area (TPSA) is 63.4 Å². The van der Waals surface area contributed by atoms with Gasteiger partial charge < -0.3 is 10.6 Å². The predicted molar refractivity (Wildman–Crippen MR) is 71.1 cm³/mol. The van der Waals surface area contributed by atoms with Crippen LogP contribution in [0.1, 0.15) is 13.3 Å². The Balaban J connectivity index is 2.74. The first kappa shape index (κ1) is 14.0. The number of nitrogens with zero attached hydrogens (tertiary/aromatic N) is 1. The quantitative estimate of drug-likeness (QED) is 0.861. The largest absolute Gasteiger partial charge is 0.375 e. The molecule has 0 spiro atoms. The highest BCUT2D eigenvalue weighted by atomic mass is 32.2. The van der Waals surface area contributed by atoms with Crippen molar-refractivity contribution in [3.63, 3.8) is 0 Å². The fraction of sp³-hybridized carbons (Fsp3) is 0.500. The van der Waals surface area contributed by atoms with Crippen LogP contribution in [0.2, 0.25) is 0 Å². The van der Waals surface area contributed by atoms with Crippen LogP contribution in [0.4, 0.5) is 5.69 Å². The molecule has 5 heteroatoms. The van der Waals surface area contributed by atoms with Crippen LogP contribution in [0.5, 0.6) is 0 Å². The van der Waals surface area contributed by atoms with Crippen molar-refractivity contribution in [1.82, 2.24) is 0 Å². The maximum absolute atomic E-state index is 11.3. The van der Waals surface area contributed by atoms with Gasteiger partial charge in [0.1, 0.15) is 0 Å². The highest BCUT2D eigenvalue weighted by molar-refractivity contribution is 7.90. The number of nitrogens with two attached hydrogens (primary N) is 1. The van der Waals surface area contributed by atoms with Gasteiger partial charge >= 0.3 is 0 Å². The second-order valence-corrected chi connectivity index (χ2v) is 6.47. The van der Waals surface area contributed by atoms with Gasteiger partial charge in [0, 0.05) is 31.6 Å². The van der Waals surface area contributed by atoms with E-state index >= 15 is 0 Å². The van der Waals surface area contributed by atoms with Crippen LogP contribution in [-0.2, 0) is 9.84 Å². The molecule has 17 heavy (non-hydrogen) atoms. The lowest BCUT2D eigenvalue weighted by Crippen LogP contribution is -2.25. The molecule has 0 aliphatic carbocycles. The number of sulfone groups is 1. The number of anilines is 1. The lowest BCUT2D eigenvalue weighted by Gasteiger charge is -2.20. The monoisotopic (exact) mass is 256 g/mol. The summed E-state index contributed by atoms with van der Waals surface area (Å²) < 4.78 is 22.6. The summed E-state index contributed by atoms with van der Waals surface area (Å²) >= 11 is 0. The standard InChI is InChI=1S/C12H20N2O2S/c1-10(13)8-9-14(2)11-4-6-12(7-5-11)17(3,15)16/h4-7,10H,8-9,13H2,1-3H3. The molecule has 0 aliphatic heterocycles. The Morgan fingerprint density at radius 2 is 1.82 bits per heavy atom. The fourth-order valence-electron chi connectivity index (χ4n) is 1.47. The van der Waals surface area contributed by atoms with Crippen molar-refractivity contribution in [3.05, 3.63) is 24.3 Å². The molecule has 2 N–H and O–H groups in total. The van der Waals surface area contributed by atoms with Crippen LogP contribution < -0.4 is 10.6 Å². The zero-order valence-corrected chi connectivity index (χ0v) is 11.4. The van der Waals surface area contributed by atoms with Crippen molar-refractivity contribution in [2.75, 3.05) is 24.7 Å². The van der Waals surface area contributed by atoms with Crippen LogP contribution >= 0.6 is 0 Å². The van der Waals surface area contributed by atoms with E-state index in [1.807, 2.05) is 26.1 Å². The summed E-state index contributed by atoms with van der Waals surface area (Å²) in [7, 11) is -1.14. The third kappa shape index (κ3) is 4.36. The Labute approximate surface area is 103 Å². The maximum atomic E-state index is 11.3. The molecule has 0 radical (unpaired) electrons. The van der Waals surface area contributed by atoms with Crippen LogP contribution in [0, 0.1) is 0 Å². The number of rotatable bonds is 5. The van der Waals surface area contributed by atoms with E-state index in [9.17, 15) is 8.42 Å². The molecule has 0 saturated heterocycles. The van der Waals surface area contributed by atoms with Gasteiger partial charge in [-0.2, -0.15) is 0 Å².